The highest BCUT2D eigenvalue weighted by Gasteiger charge is 2.05. The summed E-state index contributed by atoms with van der Waals surface area (Å²) in [6.45, 7) is 4.07. The molecule has 2 nitrogen and oxygen atoms in total. The van der Waals surface area contributed by atoms with Gasteiger partial charge in [0, 0.05) is 10.5 Å². The van der Waals surface area contributed by atoms with Crippen molar-refractivity contribution < 1.29 is 4.74 Å². The van der Waals surface area contributed by atoms with Gasteiger partial charge in [-0.3, -0.25) is 0 Å². The van der Waals surface area contributed by atoms with Crippen LogP contribution in [0, 0.1) is 13.8 Å². The van der Waals surface area contributed by atoms with Crippen LogP contribution in [0.25, 0.3) is 0 Å². The zero-order chi connectivity index (χ0) is 13.1. The minimum atomic E-state index is 0.385. The van der Waals surface area contributed by atoms with Crippen molar-refractivity contribution in [1.29, 1.82) is 0 Å². The van der Waals surface area contributed by atoms with Crippen LogP contribution >= 0.6 is 27.5 Å². The van der Waals surface area contributed by atoms with Crippen LogP contribution in [0.3, 0.4) is 0 Å². The van der Waals surface area contributed by atoms with Gasteiger partial charge in [-0.1, -0.05) is 22.0 Å². The molecule has 94 valence electrons. The lowest BCUT2D eigenvalue weighted by Gasteiger charge is -2.09. The highest BCUT2D eigenvalue weighted by atomic mass is 79.9. The summed E-state index contributed by atoms with van der Waals surface area (Å²) in [5, 5.41) is 0. The summed E-state index contributed by atoms with van der Waals surface area (Å²) in [7, 11) is 0. The van der Waals surface area contributed by atoms with Crippen molar-refractivity contribution in [3.8, 4) is 11.6 Å². The molecule has 4 heteroatoms. The van der Waals surface area contributed by atoms with Crippen molar-refractivity contribution in [2.45, 2.75) is 19.7 Å². The minimum Gasteiger partial charge on any atom is -0.439 e. The first kappa shape index (κ1) is 13.4. The third kappa shape index (κ3) is 3.03. The largest absolute Gasteiger partial charge is 0.439 e. The molecule has 0 radical (unpaired) electrons. The van der Waals surface area contributed by atoms with E-state index in [1.54, 1.807) is 0 Å². The first-order chi connectivity index (χ1) is 8.60. The average Bonchev–Trinajstić information content (AvgIpc) is 2.36. The van der Waals surface area contributed by atoms with Crippen LogP contribution < -0.4 is 4.74 Å². The highest BCUT2D eigenvalue weighted by Crippen LogP contribution is 2.28. The number of rotatable bonds is 3. The third-order valence-corrected chi connectivity index (χ3v) is 4.08. The Morgan fingerprint density at radius 2 is 1.89 bits per heavy atom. The Morgan fingerprint density at radius 3 is 2.50 bits per heavy atom. The maximum Gasteiger partial charge on any atom is 0.219 e. The van der Waals surface area contributed by atoms with E-state index in [4.69, 9.17) is 16.3 Å². The predicted octanol–water partition coefficient (Wildman–Crippen LogP) is 4.99. The van der Waals surface area contributed by atoms with Crippen LogP contribution in [0.1, 0.15) is 16.8 Å². The van der Waals surface area contributed by atoms with Crippen LogP contribution in [-0.2, 0) is 5.88 Å². The average molecular weight is 327 g/mol. The van der Waals surface area contributed by atoms with E-state index < -0.39 is 0 Å². The normalized spacial score (nSPS) is 10.4. The molecule has 0 fully saturated rings. The molecule has 0 bridgehead atoms. The number of benzene rings is 1. The van der Waals surface area contributed by atoms with Crippen molar-refractivity contribution >= 4 is 27.5 Å². The first-order valence-corrected chi connectivity index (χ1v) is 6.89. The van der Waals surface area contributed by atoms with E-state index in [0.717, 1.165) is 27.0 Å². The standard InChI is InChI=1S/C14H13BrClNO/c1-9-6-12(7-10(2)14(9)15)18-13-5-3-4-11(8-16)17-13/h3-7H,8H2,1-2H3. The summed E-state index contributed by atoms with van der Waals surface area (Å²) in [5.74, 6) is 1.73. The van der Waals surface area contributed by atoms with Gasteiger partial charge in [0.05, 0.1) is 11.6 Å². The number of pyridine rings is 1. The van der Waals surface area contributed by atoms with E-state index in [2.05, 4.69) is 20.9 Å². The Morgan fingerprint density at radius 1 is 1.22 bits per heavy atom. The van der Waals surface area contributed by atoms with Crippen LogP contribution in [0.2, 0.25) is 0 Å². The maximum absolute atomic E-state index is 5.75. The summed E-state index contributed by atoms with van der Waals surface area (Å²) >= 11 is 9.28. The summed E-state index contributed by atoms with van der Waals surface area (Å²) in [6, 6.07) is 9.54. The topological polar surface area (TPSA) is 22.1 Å². The lowest BCUT2D eigenvalue weighted by Crippen LogP contribution is -1.92. The second-order valence-electron chi connectivity index (χ2n) is 4.07. The molecule has 0 aliphatic carbocycles. The van der Waals surface area contributed by atoms with Crippen molar-refractivity contribution in [1.82, 2.24) is 4.98 Å². The predicted molar refractivity (Wildman–Crippen MR) is 77.5 cm³/mol. The minimum absolute atomic E-state index is 0.385. The summed E-state index contributed by atoms with van der Waals surface area (Å²) in [5.41, 5.74) is 3.08. The van der Waals surface area contributed by atoms with Crippen LogP contribution in [-0.4, -0.2) is 4.98 Å². The second kappa shape index (κ2) is 5.72. The molecule has 0 saturated carbocycles. The van der Waals surface area contributed by atoms with E-state index in [-0.39, 0.29) is 0 Å². The van der Waals surface area contributed by atoms with E-state index >= 15 is 0 Å². The van der Waals surface area contributed by atoms with E-state index in [1.165, 1.54) is 0 Å². The Kier molecular flexibility index (Phi) is 4.25. The van der Waals surface area contributed by atoms with Crippen LogP contribution in [0.4, 0.5) is 0 Å². The van der Waals surface area contributed by atoms with Crippen molar-refractivity contribution in [2.24, 2.45) is 0 Å². The van der Waals surface area contributed by atoms with Gasteiger partial charge in [0.25, 0.3) is 0 Å². The summed E-state index contributed by atoms with van der Waals surface area (Å²) in [4.78, 5) is 4.30. The second-order valence-corrected chi connectivity index (χ2v) is 5.13. The van der Waals surface area contributed by atoms with E-state index in [1.807, 2.05) is 44.2 Å². The number of hydrogen-bond donors (Lipinski definition) is 0. The van der Waals surface area contributed by atoms with Gasteiger partial charge in [-0.15, -0.1) is 11.6 Å². The van der Waals surface area contributed by atoms with Gasteiger partial charge in [-0.2, -0.15) is 0 Å². The number of alkyl halides is 1. The summed E-state index contributed by atoms with van der Waals surface area (Å²) in [6.07, 6.45) is 0. The molecule has 0 unspecified atom stereocenters. The van der Waals surface area contributed by atoms with Gasteiger partial charge >= 0.3 is 0 Å². The number of aryl methyl sites for hydroxylation is 2. The zero-order valence-electron chi connectivity index (χ0n) is 10.2. The van der Waals surface area contributed by atoms with E-state index in [9.17, 15) is 0 Å². The molecular formula is C14H13BrClNO. The Hall–Kier alpha value is -1.06. The van der Waals surface area contributed by atoms with Gasteiger partial charge in [0.1, 0.15) is 5.75 Å². The van der Waals surface area contributed by atoms with Gasteiger partial charge in [-0.05, 0) is 43.2 Å². The Balaban J connectivity index is 2.28. The molecule has 0 amide bonds. The Labute approximate surface area is 120 Å². The molecule has 2 rings (SSSR count). The molecule has 0 N–H and O–H groups in total. The van der Waals surface area contributed by atoms with Crippen molar-refractivity contribution in [2.75, 3.05) is 0 Å². The van der Waals surface area contributed by atoms with Crippen LogP contribution in [0.15, 0.2) is 34.8 Å². The quantitative estimate of drug-likeness (QED) is 0.741. The third-order valence-electron chi connectivity index (χ3n) is 2.55. The van der Waals surface area contributed by atoms with E-state index in [0.29, 0.717) is 11.8 Å². The number of ether oxygens (including phenoxy) is 1. The molecule has 1 aromatic carbocycles. The van der Waals surface area contributed by atoms with Crippen molar-refractivity contribution in [3.05, 3.63) is 51.6 Å². The molecule has 18 heavy (non-hydrogen) atoms. The van der Waals surface area contributed by atoms with Gasteiger partial charge in [0.2, 0.25) is 5.88 Å². The zero-order valence-corrected chi connectivity index (χ0v) is 12.5. The lowest BCUT2D eigenvalue weighted by molar-refractivity contribution is 0.460. The van der Waals surface area contributed by atoms with Gasteiger partial charge in [-0.25, -0.2) is 4.98 Å². The molecule has 1 aromatic heterocycles. The van der Waals surface area contributed by atoms with Gasteiger partial charge in [0.15, 0.2) is 0 Å². The maximum atomic E-state index is 5.75. The Bertz CT molecular complexity index is 548. The molecule has 0 saturated heterocycles. The number of aromatic nitrogens is 1. The fraction of sp³-hybridized carbons (Fsp3) is 0.214. The fourth-order valence-electron chi connectivity index (χ4n) is 1.67. The molecular weight excluding hydrogens is 314 g/mol. The molecule has 0 atom stereocenters. The number of hydrogen-bond acceptors (Lipinski definition) is 2. The first-order valence-electron chi connectivity index (χ1n) is 5.56. The SMILES string of the molecule is Cc1cc(Oc2cccc(CCl)n2)cc(C)c1Br. The fourth-order valence-corrected chi connectivity index (χ4v) is 2.05. The highest BCUT2D eigenvalue weighted by molar-refractivity contribution is 9.10. The number of halogens is 2. The monoisotopic (exact) mass is 325 g/mol. The molecule has 1 heterocycles. The van der Waals surface area contributed by atoms with Crippen molar-refractivity contribution in [3.63, 3.8) is 0 Å². The molecule has 0 aliphatic heterocycles. The van der Waals surface area contributed by atoms with Crippen LogP contribution in [0.5, 0.6) is 11.6 Å². The lowest BCUT2D eigenvalue weighted by atomic mass is 10.1. The van der Waals surface area contributed by atoms with Gasteiger partial charge < -0.3 is 4.74 Å². The molecule has 0 spiro atoms. The molecule has 2 aromatic rings. The molecule has 0 aliphatic rings. The summed E-state index contributed by atoms with van der Waals surface area (Å²) < 4.78 is 6.86. The number of nitrogens with zero attached hydrogens (tertiary/aromatic N) is 1. The smallest absolute Gasteiger partial charge is 0.219 e.